The Bertz CT molecular complexity index is 864. The van der Waals surface area contributed by atoms with Crippen LogP contribution in [0.1, 0.15) is 23.7 Å². The number of rotatable bonds is 8. The Morgan fingerprint density at radius 3 is 3.00 bits per heavy atom. The Kier molecular flexibility index (Phi) is 6.25. The summed E-state index contributed by atoms with van der Waals surface area (Å²) in [5.74, 6) is 0.591. The van der Waals surface area contributed by atoms with Crippen molar-refractivity contribution in [2.45, 2.75) is 19.4 Å². The van der Waals surface area contributed by atoms with E-state index < -0.39 is 0 Å². The maximum absolute atomic E-state index is 12.4. The molecular weight excluding hydrogens is 360 g/mol. The van der Waals surface area contributed by atoms with Gasteiger partial charge >= 0.3 is 0 Å². The first kappa shape index (κ1) is 19.8. The largest absolute Gasteiger partial charge is 0.383 e. The standard InChI is InChI=1S/C19H26N6O3/c1-4-12-10-25(16(26)5-2)11-14(12)23-15-9-22-18-17(24-15)13(8-21-18)19(27)20-6-7-28-3/h5,8-9,12,14H,2,4,6-7,10-11H2,1,3H3,(H,20,27)(H,21,22)(H,23,24)/t12-,14+/m1/s1. The van der Waals surface area contributed by atoms with Crippen molar-refractivity contribution in [3.8, 4) is 0 Å². The van der Waals surface area contributed by atoms with Crippen molar-refractivity contribution in [1.29, 1.82) is 0 Å². The second-order valence-corrected chi connectivity index (χ2v) is 6.77. The van der Waals surface area contributed by atoms with Gasteiger partial charge in [-0.2, -0.15) is 0 Å². The lowest BCUT2D eigenvalue weighted by molar-refractivity contribution is -0.125. The van der Waals surface area contributed by atoms with E-state index in [2.05, 4.69) is 39.1 Å². The third-order valence-corrected chi connectivity index (χ3v) is 5.00. The number of hydrogen-bond donors (Lipinski definition) is 3. The Morgan fingerprint density at radius 2 is 2.29 bits per heavy atom. The van der Waals surface area contributed by atoms with E-state index in [-0.39, 0.29) is 17.9 Å². The predicted molar refractivity (Wildman–Crippen MR) is 106 cm³/mol. The van der Waals surface area contributed by atoms with E-state index >= 15 is 0 Å². The minimum atomic E-state index is -0.232. The maximum atomic E-state index is 12.4. The summed E-state index contributed by atoms with van der Waals surface area (Å²) in [6.07, 6.45) is 5.52. The average Bonchev–Trinajstić information content (AvgIpc) is 3.31. The Hall–Kier alpha value is -2.94. The zero-order valence-electron chi connectivity index (χ0n) is 16.2. The minimum Gasteiger partial charge on any atom is -0.383 e. The molecule has 0 spiro atoms. The highest BCUT2D eigenvalue weighted by molar-refractivity contribution is 6.04. The van der Waals surface area contributed by atoms with Gasteiger partial charge < -0.3 is 25.3 Å². The molecule has 28 heavy (non-hydrogen) atoms. The van der Waals surface area contributed by atoms with Crippen molar-refractivity contribution in [3.63, 3.8) is 0 Å². The van der Waals surface area contributed by atoms with Crippen molar-refractivity contribution in [1.82, 2.24) is 25.2 Å². The third kappa shape index (κ3) is 4.14. The zero-order chi connectivity index (χ0) is 20.1. The number of carbonyl (C=O) groups excluding carboxylic acids is 2. The molecule has 2 aromatic heterocycles. The van der Waals surface area contributed by atoms with Gasteiger partial charge in [-0.05, 0) is 18.4 Å². The van der Waals surface area contributed by atoms with Crippen LogP contribution in [0.3, 0.4) is 0 Å². The van der Waals surface area contributed by atoms with Crippen molar-refractivity contribution >= 4 is 28.8 Å². The van der Waals surface area contributed by atoms with Crippen LogP contribution in [0.5, 0.6) is 0 Å². The van der Waals surface area contributed by atoms with Crippen molar-refractivity contribution in [2.24, 2.45) is 5.92 Å². The fourth-order valence-corrected chi connectivity index (χ4v) is 3.44. The number of hydrogen-bond acceptors (Lipinski definition) is 6. The van der Waals surface area contributed by atoms with Crippen LogP contribution >= 0.6 is 0 Å². The molecule has 1 fully saturated rings. The third-order valence-electron chi connectivity index (χ3n) is 5.00. The first-order valence-corrected chi connectivity index (χ1v) is 9.36. The second-order valence-electron chi connectivity index (χ2n) is 6.77. The number of ether oxygens (including phenoxy) is 1. The molecule has 9 nitrogen and oxygen atoms in total. The van der Waals surface area contributed by atoms with Crippen LogP contribution in [0, 0.1) is 5.92 Å². The molecule has 0 aliphatic carbocycles. The lowest BCUT2D eigenvalue weighted by Crippen LogP contribution is -2.31. The van der Waals surface area contributed by atoms with E-state index in [0.29, 0.717) is 54.7 Å². The molecule has 1 saturated heterocycles. The summed E-state index contributed by atoms with van der Waals surface area (Å²) in [5, 5.41) is 6.17. The van der Waals surface area contributed by atoms with Gasteiger partial charge in [-0.25, -0.2) is 9.97 Å². The molecule has 0 bridgehead atoms. The molecule has 2 atom stereocenters. The molecule has 0 aromatic carbocycles. The Labute approximate surface area is 163 Å². The van der Waals surface area contributed by atoms with Crippen LogP contribution in [-0.2, 0) is 9.53 Å². The summed E-state index contributed by atoms with van der Waals surface area (Å²) in [6.45, 7) is 7.79. The normalized spacial score (nSPS) is 19.0. The van der Waals surface area contributed by atoms with Crippen LogP contribution in [0.2, 0.25) is 0 Å². The topological polar surface area (TPSA) is 112 Å². The van der Waals surface area contributed by atoms with E-state index in [1.54, 1.807) is 24.4 Å². The Morgan fingerprint density at radius 1 is 1.46 bits per heavy atom. The summed E-state index contributed by atoms with van der Waals surface area (Å²) >= 11 is 0. The van der Waals surface area contributed by atoms with Gasteiger partial charge in [0.25, 0.3) is 5.91 Å². The molecule has 150 valence electrons. The quantitative estimate of drug-likeness (QED) is 0.464. The molecule has 2 amide bonds. The van der Waals surface area contributed by atoms with Gasteiger partial charge in [0.15, 0.2) is 5.65 Å². The number of likely N-dealkylation sites (tertiary alicyclic amines) is 1. The molecule has 0 unspecified atom stereocenters. The lowest BCUT2D eigenvalue weighted by atomic mass is 10.0. The summed E-state index contributed by atoms with van der Waals surface area (Å²) in [7, 11) is 1.58. The van der Waals surface area contributed by atoms with Gasteiger partial charge in [0.2, 0.25) is 5.91 Å². The highest BCUT2D eigenvalue weighted by atomic mass is 16.5. The van der Waals surface area contributed by atoms with Crippen molar-refractivity contribution in [2.75, 3.05) is 38.7 Å². The second kappa shape index (κ2) is 8.83. The summed E-state index contributed by atoms with van der Waals surface area (Å²) < 4.78 is 4.95. The van der Waals surface area contributed by atoms with E-state index in [1.807, 2.05) is 0 Å². The van der Waals surface area contributed by atoms with Crippen LogP contribution in [0.15, 0.2) is 25.0 Å². The van der Waals surface area contributed by atoms with Crippen LogP contribution in [-0.4, -0.2) is 71.1 Å². The zero-order valence-corrected chi connectivity index (χ0v) is 16.2. The number of methoxy groups -OCH3 is 1. The molecule has 0 saturated carbocycles. The monoisotopic (exact) mass is 386 g/mol. The molecule has 3 rings (SSSR count). The summed E-state index contributed by atoms with van der Waals surface area (Å²) in [6, 6.07) is 0.0681. The van der Waals surface area contributed by atoms with E-state index in [9.17, 15) is 9.59 Å². The van der Waals surface area contributed by atoms with Gasteiger partial charge in [-0.3, -0.25) is 9.59 Å². The highest BCUT2D eigenvalue weighted by Crippen LogP contribution is 2.24. The lowest BCUT2D eigenvalue weighted by Gasteiger charge is -2.18. The average molecular weight is 386 g/mol. The Balaban J connectivity index is 1.76. The van der Waals surface area contributed by atoms with Gasteiger partial charge in [0.1, 0.15) is 11.3 Å². The number of anilines is 1. The maximum Gasteiger partial charge on any atom is 0.255 e. The van der Waals surface area contributed by atoms with E-state index in [0.717, 1.165) is 6.42 Å². The number of amides is 2. The van der Waals surface area contributed by atoms with Crippen LogP contribution in [0.25, 0.3) is 11.2 Å². The smallest absolute Gasteiger partial charge is 0.255 e. The molecule has 9 heteroatoms. The number of aromatic amines is 1. The first-order chi connectivity index (χ1) is 13.6. The number of fused-ring (bicyclic) bond motifs is 1. The highest BCUT2D eigenvalue weighted by Gasteiger charge is 2.33. The molecule has 3 heterocycles. The number of aromatic nitrogens is 3. The molecule has 0 radical (unpaired) electrons. The number of carbonyl (C=O) groups is 2. The molecule has 1 aliphatic heterocycles. The van der Waals surface area contributed by atoms with Gasteiger partial charge in [-0.15, -0.1) is 0 Å². The predicted octanol–water partition coefficient (Wildman–Crippen LogP) is 1.17. The number of nitrogens with one attached hydrogen (secondary N) is 3. The van der Waals surface area contributed by atoms with Crippen molar-refractivity contribution in [3.05, 3.63) is 30.6 Å². The van der Waals surface area contributed by atoms with Crippen molar-refractivity contribution < 1.29 is 14.3 Å². The van der Waals surface area contributed by atoms with Gasteiger partial charge in [0, 0.05) is 39.0 Å². The number of H-pyrrole nitrogens is 1. The number of nitrogens with zero attached hydrogens (tertiary/aromatic N) is 3. The van der Waals surface area contributed by atoms with E-state index in [4.69, 9.17) is 4.74 Å². The molecule has 3 N–H and O–H groups in total. The van der Waals surface area contributed by atoms with Gasteiger partial charge in [0.05, 0.1) is 18.4 Å². The molecular formula is C19H26N6O3. The van der Waals surface area contributed by atoms with E-state index in [1.165, 1.54) is 6.08 Å². The van der Waals surface area contributed by atoms with Crippen LogP contribution < -0.4 is 10.6 Å². The fraction of sp³-hybridized carbons (Fsp3) is 0.474. The molecule has 2 aromatic rings. The van der Waals surface area contributed by atoms with Crippen LogP contribution in [0.4, 0.5) is 5.82 Å². The first-order valence-electron chi connectivity index (χ1n) is 9.36. The SMILES string of the molecule is C=CC(=O)N1C[C@@H](CC)[C@@H](Nc2cnc3[nH]cc(C(=O)NCCOC)c3n2)C1. The minimum absolute atomic E-state index is 0.0649. The molecule has 1 aliphatic rings. The summed E-state index contributed by atoms with van der Waals surface area (Å²) in [5.41, 5.74) is 1.48. The summed E-state index contributed by atoms with van der Waals surface area (Å²) in [4.78, 5) is 38.0. The van der Waals surface area contributed by atoms with Gasteiger partial charge in [-0.1, -0.05) is 13.5 Å². The fourth-order valence-electron chi connectivity index (χ4n) is 3.44.